The highest BCUT2D eigenvalue weighted by atomic mass is 32.1. The van der Waals surface area contributed by atoms with Gasteiger partial charge in [0.2, 0.25) is 0 Å². The van der Waals surface area contributed by atoms with E-state index in [1.807, 2.05) is 37.3 Å². The number of nitrogens with zero attached hydrogens (tertiary/aromatic N) is 2. The van der Waals surface area contributed by atoms with Crippen LogP contribution >= 0.6 is 11.3 Å². The highest BCUT2D eigenvalue weighted by Crippen LogP contribution is 2.28. The summed E-state index contributed by atoms with van der Waals surface area (Å²) in [4.78, 5) is 42.4. The molecule has 0 atom stereocenters. The number of aromatic nitrogens is 1. The highest BCUT2D eigenvalue weighted by molar-refractivity contribution is 7.22. The molecule has 0 fully saturated rings. The van der Waals surface area contributed by atoms with Gasteiger partial charge < -0.3 is 4.74 Å². The van der Waals surface area contributed by atoms with Gasteiger partial charge in [0.05, 0.1) is 16.6 Å². The summed E-state index contributed by atoms with van der Waals surface area (Å²) < 4.78 is 6.05. The Balaban J connectivity index is 1.52. The number of hydrogen-bond donors (Lipinski definition) is 0. The average Bonchev–Trinajstić information content (AvgIpc) is 3.15. The van der Waals surface area contributed by atoms with Crippen molar-refractivity contribution in [2.75, 3.05) is 18.1 Å². The van der Waals surface area contributed by atoms with Crippen LogP contribution in [0.25, 0.3) is 10.2 Å². The summed E-state index contributed by atoms with van der Waals surface area (Å²) in [6.45, 7) is 1.88. The molecule has 28 heavy (non-hydrogen) atoms. The fraction of sp³-hybridized carbons (Fsp3) is 0.238. The number of carbonyl (C=O) groups excluding carboxylic acids is 3. The van der Waals surface area contributed by atoms with Gasteiger partial charge in [0.1, 0.15) is 0 Å². The zero-order valence-corrected chi connectivity index (χ0v) is 16.3. The van der Waals surface area contributed by atoms with E-state index in [-0.39, 0.29) is 31.1 Å². The van der Waals surface area contributed by atoms with Gasteiger partial charge in [-0.3, -0.25) is 19.3 Å². The number of hydrogen-bond acceptors (Lipinski definition) is 6. The minimum atomic E-state index is -0.571. The van der Waals surface area contributed by atoms with Crippen molar-refractivity contribution in [1.29, 1.82) is 0 Å². The number of Topliss-reactive ketones (excluding diaryl/α,β-unsaturated/α-hetero) is 1. The second-order valence-corrected chi connectivity index (χ2v) is 7.06. The number of esters is 1. The van der Waals surface area contributed by atoms with E-state index >= 15 is 0 Å². The average molecular weight is 396 g/mol. The molecule has 0 bridgehead atoms. The maximum atomic E-state index is 12.5. The molecule has 144 valence electrons. The SMILES string of the molecule is CCN(C(=O)COC(=O)CCC(=O)c1ccccc1)c1nc2ccccc2s1. The van der Waals surface area contributed by atoms with Crippen molar-refractivity contribution in [2.45, 2.75) is 19.8 Å². The maximum Gasteiger partial charge on any atom is 0.306 e. The maximum absolute atomic E-state index is 12.5. The molecule has 1 aromatic heterocycles. The molecule has 0 aliphatic rings. The smallest absolute Gasteiger partial charge is 0.306 e. The summed E-state index contributed by atoms with van der Waals surface area (Å²) in [5, 5.41) is 0.573. The van der Waals surface area contributed by atoms with Crippen LogP contribution in [0.2, 0.25) is 0 Å². The predicted octanol–water partition coefficient (Wildman–Crippen LogP) is 3.86. The lowest BCUT2D eigenvalue weighted by atomic mass is 10.1. The monoisotopic (exact) mass is 396 g/mol. The van der Waals surface area contributed by atoms with E-state index < -0.39 is 5.97 Å². The van der Waals surface area contributed by atoms with Crippen LogP contribution in [0.15, 0.2) is 54.6 Å². The highest BCUT2D eigenvalue weighted by Gasteiger charge is 2.20. The molecule has 2 aromatic carbocycles. The molecule has 0 aliphatic heterocycles. The number of ketones is 1. The molecule has 3 rings (SSSR count). The number of fused-ring (bicyclic) bond motifs is 1. The van der Waals surface area contributed by atoms with Crippen LogP contribution in [0.4, 0.5) is 5.13 Å². The summed E-state index contributed by atoms with van der Waals surface area (Å²) >= 11 is 1.41. The molecular formula is C21H20N2O4S. The van der Waals surface area contributed by atoms with Gasteiger partial charge in [-0.15, -0.1) is 0 Å². The standard InChI is InChI=1S/C21H20N2O4S/c1-2-23(21-22-16-10-6-7-11-18(16)28-21)19(25)14-27-20(26)13-12-17(24)15-8-4-3-5-9-15/h3-11H,2,12-14H2,1H3. The first-order valence-corrected chi connectivity index (χ1v) is 9.80. The lowest BCUT2D eigenvalue weighted by Crippen LogP contribution is -2.34. The van der Waals surface area contributed by atoms with Crippen molar-refractivity contribution in [1.82, 2.24) is 4.98 Å². The lowest BCUT2D eigenvalue weighted by Gasteiger charge is -2.17. The van der Waals surface area contributed by atoms with Gasteiger partial charge >= 0.3 is 5.97 Å². The van der Waals surface area contributed by atoms with E-state index in [9.17, 15) is 14.4 Å². The largest absolute Gasteiger partial charge is 0.456 e. The molecule has 0 N–H and O–H groups in total. The second kappa shape index (κ2) is 9.23. The predicted molar refractivity (Wildman–Crippen MR) is 109 cm³/mol. The fourth-order valence-corrected chi connectivity index (χ4v) is 3.72. The Bertz CT molecular complexity index is 951. The number of ether oxygens (including phenoxy) is 1. The molecule has 7 heteroatoms. The summed E-state index contributed by atoms with van der Waals surface area (Å²) in [7, 11) is 0. The van der Waals surface area contributed by atoms with Crippen LogP contribution in [-0.4, -0.2) is 35.8 Å². The van der Waals surface area contributed by atoms with Gasteiger partial charge in [0.15, 0.2) is 17.5 Å². The quantitative estimate of drug-likeness (QED) is 0.427. The molecule has 6 nitrogen and oxygen atoms in total. The second-order valence-electron chi connectivity index (χ2n) is 6.05. The molecule has 1 heterocycles. The van der Waals surface area contributed by atoms with Crippen molar-refractivity contribution in [2.24, 2.45) is 0 Å². The Morgan fingerprint density at radius 3 is 2.43 bits per heavy atom. The first kappa shape index (κ1) is 19.7. The van der Waals surface area contributed by atoms with Gasteiger partial charge in [-0.1, -0.05) is 53.8 Å². The van der Waals surface area contributed by atoms with Crippen LogP contribution in [0.1, 0.15) is 30.1 Å². The first-order chi connectivity index (χ1) is 13.6. The third kappa shape index (κ3) is 4.80. The number of carbonyl (C=O) groups is 3. The van der Waals surface area contributed by atoms with Gasteiger partial charge in [0.25, 0.3) is 5.91 Å². The number of para-hydroxylation sites is 1. The van der Waals surface area contributed by atoms with Gasteiger partial charge in [0, 0.05) is 18.5 Å². The molecule has 0 unspecified atom stereocenters. The molecule has 0 radical (unpaired) electrons. The van der Waals surface area contributed by atoms with Crippen molar-refractivity contribution >= 4 is 44.3 Å². The number of likely N-dealkylation sites (N-methyl/N-ethyl adjacent to an activating group) is 1. The third-order valence-corrected chi connectivity index (χ3v) is 5.20. The molecule has 1 amide bonds. The Kier molecular flexibility index (Phi) is 6.49. The molecule has 3 aromatic rings. The summed E-state index contributed by atoms with van der Waals surface area (Å²) in [5.74, 6) is -1.05. The number of amides is 1. The summed E-state index contributed by atoms with van der Waals surface area (Å²) in [6, 6.07) is 16.4. The topological polar surface area (TPSA) is 76.6 Å². The van der Waals surface area contributed by atoms with Crippen LogP contribution in [0, 0.1) is 0 Å². The van der Waals surface area contributed by atoms with Crippen LogP contribution in [0.3, 0.4) is 0 Å². The number of thiazole rings is 1. The van der Waals surface area contributed by atoms with Crippen LogP contribution in [-0.2, 0) is 14.3 Å². The van der Waals surface area contributed by atoms with Crippen molar-refractivity contribution in [3.8, 4) is 0 Å². The molecule has 0 saturated heterocycles. The van der Waals surface area contributed by atoms with Gasteiger partial charge in [-0.25, -0.2) is 4.98 Å². The Morgan fingerprint density at radius 2 is 1.71 bits per heavy atom. The zero-order valence-electron chi connectivity index (χ0n) is 15.5. The van der Waals surface area contributed by atoms with Crippen LogP contribution < -0.4 is 4.90 Å². The Labute approximate surface area is 166 Å². The summed E-state index contributed by atoms with van der Waals surface area (Å²) in [5.41, 5.74) is 1.38. The van der Waals surface area contributed by atoms with E-state index in [1.54, 1.807) is 24.3 Å². The van der Waals surface area contributed by atoms with E-state index in [0.717, 1.165) is 10.2 Å². The Hall–Kier alpha value is -3.06. The van der Waals surface area contributed by atoms with Crippen molar-refractivity contribution in [3.63, 3.8) is 0 Å². The summed E-state index contributed by atoms with van der Waals surface area (Å²) in [6.07, 6.45) is -0.0132. The van der Waals surface area contributed by atoms with Crippen LogP contribution in [0.5, 0.6) is 0 Å². The first-order valence-electron chi connectivity index (χ1n) is 8.98. The molecule has 0 saturated carbocycles. The number of benzene rings is 2. The van der Waals surface area contributed by atoms with Crippen molar-refractivity contribution < 1.29 is 19.1 Å². The van der Waals surface area contributed by atoms with Crippen molar-refractivity contribution in [3.05, 3.63) is 60.2 Å². The molecular weight excluding hydrogens is 376 g/mol. The zero-order chi connectivity index (χ0) is 19.9. The number of anilines is 1. The lowest BCUT2D eigenvalue weighted by molar-refractivity contribution is -0.147. The van der Waals surface area contributed by atoms with E-state index in [4.69, 9.17) is 4.74 Å². The third-order valence-electron chi connectivity index (χ3n) is 4.14. The molecule has 0 aliphatic carbocycles. The fourth-order valence-electron chi connectivity index (χ4n) is 2.67. The van der Waals surface area contributed by atoms with Gasteiger partial charge in [-0.05, 0) is 19.1 Å². The van der Waals surface area contributed by atoms with E-state index in [0.29, 0.717) is 17.2 Å². The molecule has 0 spiro atoms. The minimum absolute atomic E-state index is 0.0480. The van der Waals surface area contributed by atoms with E-state index in [2.05, 4.69) is 4.98 Å². The minimum Gasteiger partial charge on any atom is -0.456 e. The number of rotatable bonds is 8. The van der Waals surface area contributed by atoms with Gasteiger partial charge in [-0.2, -0.15) is 0 Å². The van der Waals surface area contributed by atoms with E-state index in [1.165, 1.54) is 16.2 Å². The Morgan fingerprint density at radius 1 is 1.00 bits per heavy atom. The normalized spacial score (nSPS) is 10.6.